The molecule has 0 bridgehead atoms. The highest BCUT2D eigenvalue weighted by atomic mass is 35.5. The summed E-state index contributed by atoms with van der Waals surface area (Å²) in [5.41, 5.74) is 2.65. The van der Waals surface area contributed by atoms with Gasteiger partial charge in [-0.15, -0.1) is 0 Å². The van der Waals surface area contributed by atoms with E-state index in [1.807, 2.05) is 31.2 Å². The summed E-state index contributed by atoms with van der Waals surface area (Å²) in [7, 11) is 1.29. The van der Waals surface area contributed by atoms with Gasteiger partial charge in [0.05, 0.1) is 12.6 Å². The zero-order chi connectivity index (χ0) is 20.1. The van der Waals surface area contributed by atoms with E-state index in [-0.39, 0.29) is 18.2 Å². The van der Waals surface area contributed by atoms with Gasteiger partial charge < -0.3 is 14.8 Å². The van der Waals surface area contributed by atoms with Crippen molar-refractivity contribution in [2.45, 2.75) is 13.5 Å². The number of ether oxygens (including phenoxy) is 2. The summed E-state index contributed by atoms with van der Waals surface area (Å²) >= 11 is 5.85. The fourth-order valence-corrected chi connectivity index (χ4v) is 2.76. The molecule has 1 N–H and O–H groups in total. The van der Waals surface area contributed by atoms with E-state index in [9.17, 15) is 9.59 Å². The van der Waals surface area contributed by atoms with Gasteiger partial charge in [0.2, 0.25) is 0 Å². The van der Waals surface area contributed by atoms with Crippen LogP contribution in [-0.4, -0.2) is 30.6 Å². The van der Waals surface area contributed by atoms with Crippen molar-refractivity contribution in [1.29, 1.82) is 0 Å². The number of pyridine rings is 1. The first-order chi connectivity index (χ1) is 13.5. The molecule has 0 aliphatic rings. The van der Waals surface area contributed by atoms with Crippen LogP contribution in [0.3, 0.4) is 0 Å². The topological polar surface area (TPSA) is 77.5 Å². The van der Waals surface area contributed by atoms with Crippen molar-refractivity contribution in [2.24, 2.45) is 0 Å². The van der Waals surface area contributed by atoms with E-state index in [0.717, 1.165) is 16.5 Å². The Bertz CT molecular complexity index is 1020. The molecule has 2 aromatic carbocycles. The van der Waals surface area contributed by atoms with Gasteiger partial charge in [-0.05, 0) is 36.8 Å². The third-order valence-electron chi connectivity index (χ3n) is 4.08. The number of aryl methyl sites for hydroxylation is 1. The van der Waals surface area contributed by atoms with Crippen molar-refractivity contribution in [2.75, 3.05) is 13.7 Å². The average molecular weight is 399 g/mol. The first-order valence-electron chi connectivity index (χ1n) is 8.60. The SMILES string of the molecule is COC(=O)c1cc(OCC(=O)NCc2ccc(Cl)cc2)c2cc(C)ccc2n1. The van der Waals surface area contributed by atoms with Crippen molar-refractivity contribution in [1.82, 2.24) is 10.3 Å². The lowest BCUT2D eigenvalue weighted by Crippen LogP contribution is -2.28. The molecule has 0 aliphatic carbocycles. The standard InChI is InChI=1S/C21H19ClN2O4/c1-13-3-8-17-16(9-13)19(10-18(24-17)21(26)27-2)28-12-20(25)23-11-14-4-6-15(22)7-5-14/h3-10H,11-12H2,1-2H3,(H,23,25). The number of benzene rings is 2. The zero-order valence-corrected chi connectivity index (χ0v) is 16.2. The number of nitrogens with one attached hydrogen (secondary N) is 1. The Morgan fingerprint density at radius 3 is 2.57 bits per heavy atom. The predicted octanol–water partition coefficient (Wildman–Crippen LogP) is 3.68. The molecule has 1 heterocycles. The van der Waals surface area contributed by atoms with Crippen LogP contribution in [-0.2, 0) is 16.1 Å². The number of carbonyl (C=O) groups excluding carboxylic acids is 2. The Hall–Kier alpha value is -3.12. The van der Waals surface area contributed by atoms with Gasteiger partial charge in [0.15, 0.2) is 12.3 Å². The summed E-state index contributed by atoms with van der Waals surface area (Å²) in [4.78, 5) is 28.3. The van der Waals surface area contributed by atoms with E-state index in [2.05, 4.69) is 10.3 Å². The van der Waals surface area contributed by atoms with E-state index >= 15 is 0 Å². The number of methoxy groups -OCH3 is 1. The molecule has 0 radical (unpaired) electrons. The van der Waals surface area contributed by atoms with Gasteiger partial charge >= 0.3 is 5.97 Å². The number of rotatable bonds is 6. The number of hydrogen-bond acceptors (Lipinski definition) is 5. The maximum atomic E-state index is 12.2. The van der Waals surface area contributed by atoms with E-state index in [0.29, 0.717) is 22.8 Å². The molecular weight excluding hydrogens is 380 g/mol. The molecule has 28 heavy (non-hydrogen) atoms. The zero-order valence-electron chi connectivity index (χ0n) is 15.5. The molecule has 7 heteroatoms. The predicted molar refractivity (Wildman–Crippen MR) is 107 cm³/mol. The molecule has 0 saturated carbocycles. The summed E-state index contributed by atoms with van der Waals surface area (Å²) in [6, 6.07) is 14.3. The monoisotopic (exact) mass is 398 g/mol. The fraction of sp³-hybridized carbons (Fsp3) is 0.190. The minimum absolute atomic E-state index is 0.121. The van der Waals surface area contributed by atoms with Crippen LogP contribution in [0.2, 0.25) is 5.02 Å². The van der Waals surface area contributed by atoms with Crippen molar-refractivity contribution in [3.8, 4) is 5.75 Å². The molecular formula is C21H19ClN2O4. The van der Waals surface area contributed by atoms with E-state index in [4.69, 9.17) is 21.1 Å². The minimum Gasteiger partial charge on any atom is -0.483 e. The van der Waals surface area contributed by atoms with Gasteiger partial charge in [0, 0.05) is 23.0 Å². The van der Waals surface area contributed by atoms with Crippen LogP contribution in [0.4, 0.5) is 0 Å². The molecule has 0 atom stereocenters. The van der Waals surface area contributed by atoms with E-state index < -0.39 is 5.97 Å². The smallest absolute Gasteiger partial charge is 0.356 e. The van der Waals surface area contributed by atoms with Crippen molar-refractivity contribution < 1.29 is 19.1 Å². The number of aromatic nitrogens is 1. The molecule has 0 saturated heterocycles. The van der Waals surface area contributed by atoms with Gasteiger partial charge in [0.25, 0.3) is 5.91 Å². The summed E-state index contributed by atoms with van der Waals surface area (Å²) in [5.74, 6) is -0.456. The first kappa shape index (κ1) is 19.6. The van der Waals surface area contributed by atoms with E-state index in [1.54, 1.807) is 18.2 Å². The number of hydrogen-bond donors (Lipinski definition) is 1. The second-order valence-electron chi connectivity index (χ2n) is 6.21. The molecule has 0 unspecified atom stereocenters. The number of fused-ring (bicyclic) bond motifs is 1. The number of amides is 1. The Kier molecular flexibility index (Phi) is 6.11. The number of nitrogens with zero attached hydrogens (tertiary/aromatic N) is 1. The van der Waals surface area contributed by atoms with Gasteiger partial charge in [-0.25, -0.2) is 9.78 Å². The Morgan fingerprint density at radius 2 is 1.86 bits per heavy atom. The quantitative estimate of drug-likeness (QED) is 0.641. The lowest BCUT2D eigenvalue weighted by molar-refractivity contribution is -0.123. The van der Waals surface area contributed by atoms with Crippen molar-refractivity contribution >= 4 is 34.4 Å². The first-order valence-corrected chi connectivity index (χ1v) is 8.97. The van der Waals surface area contributed by atoms with Crippen LogP contribution in [0, 0.1) is 6.92 Å². The normalized spacial score (nSPS) is 10.5. The highest BCUT2D eigenvalue weighted by Crippen LogP contribution is 2.27. The lowest BCUT2D eigenvalue weighted by Gasteiger charge is -2.12. The molecule has 144 valence electrons. The second-order valence-corrected chi connectivity index (χ2v) is 6.65. The third-order valence-corrected chi connectivity index (χ3v) is 4.33. The van der Waals surface area contributed by atoms with Gasteiger partial charge in [-0.3, -0.25) is 4.79 Å². The van der Waals surface area contributed by atoms with Gasteiger partial charge in [-0.1, -0.05) is 35.4 Å². The Morgan fingerprint density at radius 1 is 1.11 bits per heavy atom. The molecule has 6 nitrogen and oxygen atoms in total. The Labute approximate surface area is 167 Å². The van der Waals surface area contributed by atoms with Crippen molar-refractivity contribution in [3.63, 3.8) is 0 Å². The summed E-state index contributed by atoms with van der Waals surface area (Å²) < 4.78 is 10.4. The van der Waals surface area contributed by atoms with Crippen molar-refractivity contribution in [3.05, 3.63) is 70.4 Å². The summed E-state index contributed by atoms with van der Waals surface area (Å²) in [5, 5.41) is 4.14. The van der Waals surface area contributed by atoms with Crippen LogP contribution in [0.5, 0.6) is 5.75 Å². The Balaban J connectivity index is 1.73. The molecule has 3 aromatic rings. The van der Waals surface area contributed by atoms with Crippen LogP contribution in [0.1, 0.15) is 21.6 Å². The highest BCUT2D eigenvalue weighted by Gasteiger charge is 2.14. The fourth-order valence-electron chi connectivity index (χ4n) is 2.63. The van der Waals surface area contributed by atoms with Crippen LogP contribution in [0.25, 0.3) is 10.9 Å². The molecule has 0 spiro atoms. The number of esters is 1. The second kappa shape index (κ2) is 8.71. The molecule has 0 fully saturated rings. The maximum Gasteiger partial charge on any atom is 0.356 e. The molecule has 1 amide bonds. The van der Waals surface area contributed by atoms with Crippen LogP contribution < -0.4 is 10.1 Å². The van der Waals surface area contributed by atoms with Gasteiger partial charge in [0.1, 0.15) is 5.75 Å². The summed E-state index contributed by atoms with van der Waals surface area (Å²) in [6.07, 6.45) is 0. The maximum absolute atomic E-state index is 12.2. The molecule has 1 aromatic heterocycles. The highest BCUT2D eigenvalue weighted by molar-refractivity contribution is 6.30. The van der Waals surface area contributed by atoms with Gasteiger partial charge in [-0.2, -0.15) is 0 Å². The van der Waals surface area contributed by atoms with Crippen LogP contribution in [0.15, 0.2) is 48.5 Å². The third kappa shape index (κ3) is 4.78. The lowest BCUT2D eigenvalue weighted by atomic mass is 10.1. The van der Waals surface area contributed by atoms with E-state index in [1.165, 1.54) is 13.2 Å². The molecule has 0 aliphatic heterocycles. The van der Waals surface area contributed by atoms with Crippen LogP contribution >= 0.6 is 11.6 Å². The number of carbonyl (C=O) groups is 2. The largest absolute Gasteiger partial charge is 0.483 e. The summed E-state index contributed by atoms with van der Waals surface area (Å²) in [6.45, 7) is 2.11. The average Bonchev–Trinajstić information content (AvgIpc) is 2.70. The number of halogens is 1. The molecule has 3 rings (SSSR count). The minimum atomic E-state index is -0.570.